The van der Waals surface area contributed by atoms with Gasteiger partial charge in [0.05, 0.1) is 35.8 Å². The van der Waals surface area contributed by atoms with E-state index in [1.807, 2.05) is 33.8 Å². The van der Waals surface area contributed by atoms with Crippen molar-refractivity contribution in [2.75, 3.05) is 19.8 Å². The highest BCUT2D eigenvalue weighted by molar-refractivity contribution is 8.02. The third kappa shape index (κ3) is 5.12. The Morgan fingerprint density at radius 1 is 1.24 bits per heavy atom. The van der Waals surface area contributed by atoms with Gasteiger partial charge in [-0.05, 0) is 58.8 Å². The maximum atomic E-state index is 14.3. The van der Waals surface area contributed by atoms with Crippen molar-refractivity contribution >= 4 is 29.5 Å². The van der Waals surface area contributed by atoms with Crippen molar-refractivity contribution in [3.63, 3.8) is 0 Å². The molecule has 7 nitrogen and oxygen atoms in total. The van der Waals surface area contributed by atoms with E-state index in [1.54, 1.807) is 27.6 Å². The average molecular weight is 535 g/mol. The zero-order valence-corrected chi connectivity index (χ0v) is 24.1. The molecule has 3 saturated heterocycles. The van der Waals surface area contributed by atoms with Gasteiger partial charge in [-0.3, -0.25) is 14.4 Å². The summed E-state index contributed by atoms with van der Waals surface area (Å²) in [6.07, 6.45) is 8.25. The summed E-state index contributed by atoms with van der Waals surface area (Å²) in [7, 11) is 0. The standard InChI is InChI=1S/C29H46N2O5S/c1-8-11-12-13-17-36-27(35)23-22-25(33)31(21(18-32)20(6)10-3)24(26(34)30(16-9-2)19(4)5)29(22)15-14-28(23,7)37-29/h8-9,19-24,32H,1-2,10-18H2,3-7H3/t20-,21-,22-,23-,24?,28+,29?/m0/s1. The van der Waals surface area contributed by atoms with Gasteiger partial charge < -0.3 is 19.6 Å². The second-order valence-electron chi connectivity index (χ2n) is 11.4. The van der Waals surface area contributed by atoms with E-state index in [0.717, 1.165) is 32.1 Å². The number of fused-ring (bicyclic) bond motifs is 1. The minimum Gasteiger partial charge on any atom is -0.465 e. The van der Waals surface area contributed by atoms with Crippen molar-refractivity contribution in [1.29, 1.82) is 0 Å². The zero-order chi connectivity index (χ0) is 27.5. The van der Waals surface area contributed by atoms with Crippen LogP contribution in [-0.4, -0.2) is 80.1 Å². The normalized spacial score (nSPS) is 31.8. The molecule has 8 heteroatoms. The van der Waals surface area contributed by atoms with E-state index >= 15 is 0 Å². The zero-order valence-electron chi connectivity index (χ0n) is 23.3. The fourth-order valence-electron chi connectivity index (χ4n) is 6.68. The van der Waals surface area contributed by atoms with E-state index < -0.39 is 33.4 Å². The molecule has 3 fully saturated rings. The van der Waals surface area contributed by atoms with Crippen molar-refractivity contribution in [2.24, 2.45) is 17.8 Å². The first-order valence-electron chi connectivity index (χ1n) is 13.9. The molecule has 208 valence electrons. The number of unbranched alkanes of at least 4 members (excludes halogenated alkanes) is 2. The van der Waals surface area contributed by atoms with Crippen LogP contribution in [0, 0.1) is 17.8 Å². The van der Waals surface area contributed by atoms with Gasteiger partial charge in [-0.2, -0.15) is 0 Å². The molecule has 0 radical (unpaired) electrons. The summed E-state index contributed by atoms with van der Waals surface area (Å²) in [5.74, 6) is -1.90. The largest absolute Gasteiger partial charge is 0.465 e. The van der Waals surface area contributed by atoms with Gasteiger partial charge in [0.2, 0.25) is 11.8 Å². The second-order valence-corrected chi connectivity index (χ2v) is 13.3. The molecule has 3 aliphatic heterocycles. The number of aliphatic hydroxyl groups is 1. The fraction of sp³-hybridized carbons (Fsp3) is 0.759. The number of thioether (sulfide) groups is 1. The van der Waals surface area contributed by atoms with Crippen molar-refractivity contribution in [3.05, 3.63) is 25.3 Å². The minimum absolute atomic E-state index is 0.000528. The highest BCUT2D eigenvalue weighted by Crippen LogP contribution is 2.72. The first-order valence-corrected chi connectivity index (χ1v) is 14.7. The maximum absolute atomic E-state index is 14.3. The van der Waals surface area contributed by atoms with Crippen molar-refractivity contribution < 1.29 is 24.2 Å². The number of hydrogen-bond acceptors (Lipinski definition) is 6. The van der Waals surface area contributed by atoms with E-state index in [4.69, 9.17) is 4.74 Å². The number of aliphatic hydroxyl groups excluding tert-OH is 1. The lowest BCUT2D eigenvalue weighted by molar-refractivity contribution is -0.156. The lowest BCUT2D eigenvalue weighted by Gasteiger charge is -2.42. The van der Waals surface area contributed by atoms with Crippen LogP contribution < -0.4 is 0 Å². The van der Waals surface area contributed by atoms with Crippen molar-refractivity contribution in [1.82, 2.24) is 9.80 Å². The Kier molecular flexibility index (Phi) is 9.60. The monoisotopic (exact) mass is 534 g/mol. The number of esters is 1. The number of allylic oxidation sites excluding steroid dienone is 1. The van der Waals surface area contributed by atoms with Crippen LogP contribution in [0.15, 0.2) is 25.3 Å². The van der Waals surface area contributed by atoms with E-state index in [2.05, 4.69) is 20.1 Å². The quantitative estimate of drug-likeness (QED) is 0.204. The molecular weight excluding hydrogens is 488 g/mol. The Bertz CT molecular complexity index is 894. The smallest absolute Gasteiger partial charge is 0.311 e. The van der Waals surface area contributed by atoms with Crippen LogP contribution in [0.5, 0.6) is 0 Å². The highest BCUT2D eigenvalue weighted by atomic mass is 32.2. The third-order valence-electron chi connectivity index (χ3n) is 8.83. The molecule has 7 atom stereocenters. The van der Waals surface area contributed by atoms with Crippen LogP contribution in [0.2, 0.25) is 0 Å². The molecule has 3 heterocycles. The summed E-state index contributed by atoms with van der Waals surface area (Å²) in [4.78, 5) is 45.6. The van der Waals surface area contributed by atoms with Crippen LogP contribution in [0.25, 0.3) is 0 Å². The molecule has 0 saturated carbocycles. The number of nitrogens with zero attached hydrogens (tertiary/aromatic N) is 2. The molecule has 1 spiro atoms. The highest BCUT2D eigenvalue weighted by Gasteiger charge is 2.78. The van der Waals surface area contributed by atoms with Crippen LogP contribution in [0.3, 0.4) is 0 Å². The Hall–Kier alpha value is -1.80. The summed E-state index contributed by atoms with van der Waals surface area (Å²) < 4.78 is 4.56. The summed E-state index contributed by atoms with van der Waals surface area (Å²) >= 11 is 1.64. The molecule has 3 rings (SSSR count). The lowest BCUT2D eigenvalue weighted by Crippen LogP contribution is -2.59. The van der Waals surface area contributed by atoms with Gasteiger partial charge in [0.1, 0.15) is 6.04 Å². The number of carbonyl (C=O) groups excluding carboxylic acids is 3. The van der Waals surface area contributed by atoms with Crippen molar-refractivity contribution in [2.45, 2.75) is 101 Å². The van der Waals surface area contributed by atoms with Gasteiger partial charge >= 0.3 is 5.97 Å². The Morgan fingerprint density at radius 2 is 1.95 bits per heavy atom. The summed E-state index contributed by atoms with van der Waals surface area (Å²) in [6.45, 7) is 18.0. The molecular formula is C29H46N2O5S. The molecule has 2 amide bonds. The predicted molar refractivity (Wildman–Crippen MR) is 148 cm³/mol. The van der Waals surface area contributed by atoms with Gasteiger partial charge in [-0.25, -0.2) is 0 Å². The molecule has 2 unspecified atom stereocenters. The maximum Gasteiger partial charge on any atom is 0.311 e. The van der Waals surface area contributed by atoms with E-state index in [-0.39, 0.29) is 36.4 Å². The molecule has 3 aliphatic rings. The van der Waals surface area contributed by atoms with E-state index in [9.17, 15) is 19.5 Å². The van der Waals surface area contributed by atoms with Gasteiger partial charge in [0.15, 0.2) is 0 Å². The summed E-state index contributed by atoms with van der Waals surface area (Å²) in [6, 6.07) is -1.31. The molecule has 1 N–H and O–H groups in total. The van der Waals surface area contributed by atoms with Crippen LogP contribution in [0.4, 0.5) is 0 Å². The summed E-state index contributed by atoms with van der Waals surface area (Å²) in [5, 5.41) is 10.5. The van der Waals surface area contributed by atoms with Gasteiger partial charge in [-0.1, -0.05) is 32.4 Å². The lowest BCUT2D eigenvalue weighted by atomic mass is 9.66. The first kappa shape index (κ1) is 29.8. The Labute approximate surface area is 227 Å². The number of likely N-dealkylation sites (tertiary alicyclic amines) is 1. The van der Waals surface area contributed by atoms with Crippen LogP contribution in [-0.2, 0) is 19.1 Å². The molecule has 37 heavy (non-hydrogen) atoms. The predicted octanol–water partition coefficient (Wildman–Crippen LogP) is 4.20. The molecule has 2 bridgehead atoms. The summed E-state index contributed by atoms with van der Waals surface area (Å²) in [5.41, 5.74) is 0. The number of rotatable bonds is 14. The van der Waals surface area contributed by atoms with Gasteiger partial charge in [0, 0.05) is 17.3 Å². The number of ether oxygens (including phenoxy) is 1. The van der Waals surface area contributed by atoms with E-state index in [1.165, 1.54) is 0 Å². The Balaban J connectivity index is 2.04. The number of amides is 2. The number of carbonyl (C=O) groups is 3. The minimum atomic E-state index is -0.740. The first-order chi connectivity index (χ1) is 17.5. The van der Waals surface area contributed by atoms with Crippen molar-refractivity contribution in [3.8, 4) is 0 Å². The second kappa shape index (κ2) is 11.9. The van der Waals surface area contributed by atoms with Gasteiger partial charge in [0.25, 0.3) is 0 Å². The van der Waals surface area contributed by atoms with Gasteiger partial charge in [-0.15, -0.1) is 24.9 Å². The third-order valence-corrected chi connectivity index (χ3v) is 10.8. The SMILES string of the molecule is C=CCCCCOC(=O)[C@@H]1[C@H]2C(=O)N([C@@H](CO)[C@@H](C)CC)C(C(=O)N(CC=C)C(C)C)C23CC[C@@]1(C)S3. The number of hydrogen-bond donors (Lipinski definition) is 1. The fourth-order valence-corrected chi connectivity index (χ4v) is 9.00. The molecule has 0 aromatic carbocycles. The van der Waals surface area contributed by atoms with E-state index in [0.29, 0.717) is 19.6 Å². The molecule has 0 aliphatic carbocycles. The van der Waals surface area contributed by atoms with Crippen LogP contribution >= 0.6 is 11.8 Å². The molecule has 0 aromatic heterocycles. The molecule has 0 aromatic rings. The average Bonchev–Trinajstić information content (AvgIpc) is 3.43. The topological polar surface area (TPSA) is 87.1 Å². The van der Waals surface area contributed by atoms with Crippen LogP contribution in [0.1, 0.15) is 73.1 Å². The Morgan fingerprint density at radius 3 is 2.51 bits per heavy atom.